The van der Waals surface area contributed by atoms with E-state index in [2.05, 4.69) is 0 Å². The molecule has 88 valence electrons. The normalized spacial score (nSPS) is 24.8. The zero-order chi connectivity index (χ0) is 11.7. The first-order chi connectivity index (χ1) is 7.58. The van der Waals surface area contributed by atoms with Crippen LogP contribution in [0.2, 0.25) is 5.02 Å². The van der Waals surface area contributed by atoms with Crippen LogP contribution >= 0.6 is 11.6 Å². The third-order valence-electron chi connectivity index (χ3n) is 2.70. The summed E-state index contributed by atoms with van der Waals surface area (Å²) >= 11 is 6.07. The molecule has 1 aromatic carbocycles. The van der Waals surface area contributed by atoms with E-state index in [1.54, 1.807) is 0 Å². The van der Waals surface area contributed by atoms with Gasteiger partial charge < -0.3 is 14.6 Å². The fourth-order valence-electron chi connectivity index (χ4n) is 1.78. The number of aliphatic hydroxyl groups is 1. The van der Waals surface area contributed by atoms with Crippen molar-refractivity contribution >= 4 is 11.6 Å². The molecule has 1 heterocycles. The first kappa shape index (κ1) is 11.7. The second-order valence-corrected chi connectivity index (χ2v) is 4.51. The minimum absolute atomic E-state index is 0.278. The molecule has 0 bridgehead atoms. The van der Waals surface area contributed by atoms with E-state index in [1.807, 2.05) is 26.0 Å². The molecule has 0 aromatic heterocycles. The number of benzene rings is 1. The first-order valence-electron chi connectivity index (χ1n) is 5.27. The molecule has 0 amide bonds. The highest BCUT2D eigenvalue weighted by atomic mass is 35.5. The molecule has 0 aliphatic carbocycles. The third-order valence-corrected chi connectivity index (χ3v) is 3.29. The fourth-order valence-corrected chi connectivity index (χ4v) is 1.89. The lowest BCUT2D eigenvalue weighted by Gasteiger charge is -2.16. The molecule has 1 aliphatic rings. The fraction of sp³-hybridized carbons (Fsp3) is 0.500. The maximum absolute atomic E-state index is 9.57. The Labute approximate surface area is 99.9 Å². The van der Waals surface area contributed by atoms with E-state index in [0.717, 1.165) is 21.9 Å². The summed E-state index contributed by atoms with van der Waals surface area (Å²) in [4.78, 5) is 0. The Morgan fingerprint density at radius 3 is 2.44 bits per heavy atom. The summed E-state index contributed by atoms with van der Waals surface area (Å²) in [5.41, 5.74) is 1.95. The third kappa shape index (κ3) is 2.32. The predicted octanol–water partition coefficient (Wildman–Crippen LogP) is 2.10. The summed E-state index contributed by atoms with van der Waals surface area (Å²) in [6.07, 6.45) is -0.823. The Hall–Kier alpha value is -0.770. The Bertz CT molecular complexity index is 369. The molecule has 1 N–H and O–H groups in total. The van der Waals surface area contributed by atoms with Gasteiger partial charge in [0.05, 0.1) is 13.2 Å². The standard InChI is InChI=1S/C12H15ClO3/c1-7-3-9(4-8(2)12(7)13)16-11-6-15-5-10(11)14/h3-4,10-11,14H,5-6H2,1-2H3/t10-,11-/m0/s1. The zero-order valence-corrected chi connectivity index (χ0v) is 10.1. The highest BCUT2D eigenvalue weighted by Gasteiger charge is 2.28. The quantitative estimate of drug-likeness (QED) is 0.863. The molecule has 0 radical (unpaired) electrons. The van der Waals surface area contributed by atoms with Crippen LogP contribution in [0.5, 0.6) is 5.75 Å². The van der Waals surface area contributed by atoms with Gasteiger partial charge in [-0.3, -0.25) is 0 Å². The minimum atomic E-state index is -0.545. The van der Waals surface area contributed by atoms with E-state index in [4.69, 9.17) is 21.1 Å². The lowest BCUT2D eigenvalue weighted by atomic mass is 10.1. The molecule has 0 spiro atoms. The Morgan fingerprint density at radius 1 is 1.31 bits per heavy atom. The van der Waals surface area contributed by atoms with E-state index in [1.165, 1.54) is 0 Å². The van der Waals surface area contributed by atoms with E-state index < -0.39 is 6.10 Å². The molecule has 0 unspecified atom stereocenters. The lowest BCUT2D eigenvalue weighted by Crippen LogP contribution is -2.29. The summed E-state index contributed by atoms with van der Waals surface area (Å²) in [5.74, 6) is 0.731. The largest absolute Gasteiger partial charge is 0.485 e. The van der Waals surface area contributed by atoms with Gasteiger partial charge in [-0.2, -0.15) is 0 Å². The smallest absolute Gasteiger partial charge is 0.150 e. The van der Waals surface area contributed by atoms with Gasteiger partial charge in [0, 0.05) is 5.02 Å². The molecule has 1 saturated heterocycles. The van der Waals surface area contributed by atoms with Crippen molar-refractivity contribution in [2.75, 3.05) is 13.2 Å². The summed E-state index contributed by atoms with van der Waals surface area (Å²) in [6.45, 7) is 4.64. The Balaban J connectivity index is 2.15. The second kappa shape index (κ2) is 4.62. The number of hydrogen-bond donors (Lipinski definition) is 1. The van der Waals surface area contributed by atoms with Gasteiger partial charge >= 0.3 is 0 Å². The van der Waals surface area contributed by atoms with Crippen molar-refractivity contribution in [3.63, 3.8) is 0 Å². The Kier molecular flexibility index (Phi) is 3.38. The summed E-state index contributed by atoms with van der Waals surface area (Å²) in [7, 11) is 0. The lowest BCUT2D eigenvalue weighted by molar-refractivity contribution is 0.0733. The average Bonchev–Trinajstić information content (AvgIpc) is 2.61. The topological polar surface area (TPSA) is 38.7 Å². The Morgan fingerprint density at radius 2 is 1.94 bits per heavy atom. The van der Waals surface area contributed by atoms with Gasteiger partial charge in [0.2, 0.25) is 0 Å². The van der Waals surface area contributed by atoms with Crippen LogP contribution in [0.1, 0.15) is 11.1 Å². The van der Waals surface area contributed by atoms with E-state index in [-0.39, 0.29) is 6.10 Å². The molecular weight excluding hydrogens is 228 g/mol. The molecule has 2 atom stereocenters. The van der Waals surface area contributed by atoms with Crippen LogP contribution in [0, 0.1) is 13.8 Å². The van der Waals surface area contributed by atoms with E-state index >= 15 is 0 Å². The van der Waals surface area contributed by atoms with Crippen LogP contribution < -0.4 is 4.74 Å². The molecule has 1 fully saturated rings. The highest BCUT2D eigenvalue weighted by Crippen LogP contribution is 2.27. The number of aliphatic hydroxyl groups excluding tert-OH is 1. The van der Waals surface area contributed by atoms with Crippen molar-refractivity contribution < 1.29 is 14.6 Å². The van der Waals surface area contributed by atoms with Crippen LogP contribution in [0.3, 0.4) is 0 Å². The van der Waals surface area contributed by atoms with E-state index in [9.17, 15) is 5.11 Å². The predicted molar refractivity (Wildman–Crippen MR) is 62.2 cm³/mol. The van der Waals surface area contributed by atoms with Gasteiger partial charge in [-0.15, -0.1) is 0 Å². The summed E-state index contributed by atoms with van der Waals surface area (Å²) in [5, 5.41) is 10.3. The monoisotopic (exact) mass is 242 g/mol. The molecule has 3 nitrogen and oxygen atoms in total. The van der Waals surface area contributed by atoms with Crippen molar-refractivity contribution in [3.05, 3.63) is 28.3 Å². The maximum atomic E-state index is 9.57. The molecular formula is C12H15ClO3. The highest BCUT2D eigenvalue weighted by molar-refractivity contribution is 6.32. The van der Waals surface area contributed by atoms with Crippen molar-refractivity contribution in [2.24, 2.45) is 0 Å². The van der Waals surface area contributed by atoms with Gasteiger partial charge in [-0.25, -0.2) is 0 Å². The van der Waals surface area contributed by atoms with Crippen LogP contribution in [0.4, 0.5) is 0 Å². The summed E-state index contributed by atoms with van der Waals surface area (Å²) in [6, 6.07) is 3.75. The number of rotatable bonds is 2. The van der Waals surface area contributed by atoms with Gasteiger partial charge in [-0.1, -0.05) is 11.6 Å². The van der Waals surface area contributed by atoms with Crippen LogP contribution in [0.25, 0.3) is 0 Å². The number of halogens is 1. The zero-order valence-electron chi connectivity index (χ0n) is 9.37. The van der Waals surface area contributed by atoms with Crippen molar-refractivity contribution in [2.45, 2.75) is 26.1 Å². The van der Waals surface area contributed by atoms with Gasteiger partial charge in [-0.05, 0) is 37.1 Å². The van der Waals surface area contributed by atoms with Gasteiger partial charge in [0.25, 0.3) is 0 Å². The molecule has 1 aliphatic heterocycles. The van der Waals surface area contributed by atoms with Gasteiger partial charge in [0.15, 0.2) is 0 Å². The van der Waals surface area contributed by atoms with Crippen molar-refractivity contribution in [3.8, 4) is 5.75 Å². The van der Waals surface area contributed by atoms with Crippen molar-refractivity contribution in [1.82, 2.24) is 0 Å². The summed E-state index contributed by atoms with van der Waals surface area (Å²) < 4.78 is 10.8. The van der Waals surface area contributed by atoms with Crippen LogP contribution in [-0.2, 0) is 4.74 Å². The number of aryl methyl sites for hydroxylation is 2. The number of ether oxygens (including phenoxy) is 2. The first-order valence-corrected chi connectivity index (χ1v) is 5.65. The molecule has 0 saturated carbocycles. The van der Waals surface area contributed by atoms with Gasteiger partial charge in [0.1, 0.15) is 18.0 Å². The SMILES string of the molecule is Cc1cc(O[C@H]2COC[C@@H]2O)cc(C)c1Cl. The van der Waals surface area contributed by atoms with Crippen LogP contribution in [0.15, 0.2) is 12.1 Å². The molecule has 16 heavy (non-hydrogen) atoms. The minimum Gasteiger partial charge on any atom is -0.485 e. The number of hydrogen-bond acceptors (Lipinski definition) is 3. The molecule has 1 aromatic rings. The second-order valence-electron chi connectivity index (χ2n) is 4.13. The maximum Gasteiger partial charge on any atom is 0.150 e. The average molecular weight is 243 g/mol. The molecule has 4 heteroatoms. The molecule has 2 rings (SSSR count). The van der Waals surface area contributed by atoms with Crippen molar-refractivity contribution in [1.29, 1.82) is 0 Å². The van der Waals surface area contributed by atoms with E-state index in [0.29, 0.717) is 13.2 Å². The van der Waals surface area contributed by atoms with Crippen LogP contribution in [-0.4, -0.2) is 30.5 Å².